The molecule has 0 radical (unpaired) electrons. The topological polar surface area (TPSA) is 81.8 Å². The quantitative estimate of drug-likeness (QED) is 0.576. The average Bonchev–Trinajstić information content (AvgIpc) is 2.35. The molecule has 0 saturated heterocycles. The fourth-order valence-corrected chi connectivity index (χ4v) is 1.60. The van der Waals surface area contributed by atoms with Gasteiger partial charge in [0, 0.05) is 0 Å². The van der Waals surface area contributed by atoms with Gasteiger partial charge in [-0.2, -0.15) is 0 Å². The number of benzene rings is 1. The van der Waals surface area contributed by atoms with Crippen LogP contribution in [0.3, 0.4) is 0 Å². The minimum absolute atomic E-state index is 0.0290. The maximum atomic E-state index is 11.0. The molecule has 5 heteroatoms. The molecule has 0 unspecified atom stereocenters. The first-order chi connectivity index (χ1) is 8.61. The predicted molar refractivity (Wildman–Crippen MR) is 69.4 cm³/mol. The van der Waals surface area contributed by atoms with Crippen LogP contribution in [-0.4, -0.2) is 24.8 Å². The van der Waals surface area contributed by atoms with E-state index in [1.165, 1.54) is 13.2 Å². The first kappa shape index (κ1) is 14.2. The van der Waals surface area contributed by atoms with Gasteiger partial charge in [0.25, 0.3) is 0 Å². The molecule has 18 heavy (non-hydrogen) atoms. The summed E-state index contributed by atoms with van der Waals surface area (Å²) in [6, 6.07) is 2.96. The molecule has 0 spiro atoms. The third-order valence-electron chi connectivity index (χ3n) is 2.60. The van der Waals surface area contributed by atoms with Gasteiger partial charge >= 0.3 is 5.97 Å². The highest BCUT2D eigenvalue weighted by Crippen LogP contribution is 2.36. The van der Waals surface area contributed by atoms with Gasteiger partial charge in [-0.05, 0) is 18.6 Å². The first-order valence-corrected chi connectivity index (χ1v) is 5.94. The number of hydrogen-bond donors (Lipinski definition) is 2. The molecule has 1 aromatic rings. The van der Waals surface area contributed by atoms with Crippen LogP contribution in [0.5, 0.6) is 11.5 Å². The molecule has 0 aromatic heterocycles. The van der Waals surface area contributed by atoms with E-state index in [1.807, 2.05) is 0 Å². The molecule has 1 aromatic carbocycles. The summed E-state index contributed by atoms with van der Waals surface area (Å²) in [6.07, 6.45) is 3.04. The summed E-state index contributed by atoms with van der Waals surface area (Å²) in [7, 11) is 1.49. The highest BCUT2D eigenvalue weighted by atomic mass is 16.5. The number of nitrogens with two attached hydrogens (primary N) is 1. The molecule has 0 bridgehead atoms. The van der Waals surface area contributed by atoms with Gasteiger partial charge in [-0.1, -0.05) is 19.8 Å². The lowest BCUT2D eigenvalue weighted by Gasteiger charge is -2.14. The lowest BCUT2D eigenvalue weighted by atomic mass is 10.1. The van der Waals surface area contributed by atoms with Crippen LogP contribution in [0.1, 0.15) is 36.5 Å². The molecule has 0 aliphatic rings. The molecule has 3 N–H and O–H groups in total. The van der Waals surface area contributed by atoms with E-state index >= 15 is 0 Å². The highest BCUT2D eigenvalue weighted by Gasteiger charge is 2.17. The monoisotopic (exact) mass is 253 g/mol. The van der Waals surface area contributed by atoms with E-state index in [-0.39, 0.29) is 11.3 Å². The second-order valence-corrected chi connectivity index (χ2v) is 3.92. The smallest absolute Gasteiger partial charge is 0.337 e. The van der Waals surface area contributed by atoms with Crippen LogP contribution in [0.4, 0.5) is 5.69 Å². The maximum absolute atomic E-state index is 11.0. The lowest BCUT2D eigenvalue weighted by molar-refractivity contribution is 0.0697. The number of nitrogen functional groups attached to an aromatic ring is 1. The van der Waals surface area contributed by atoms with Crippen molar-refractivity contribution < 1.29 is 19.4 Å². The van der Waals surface area contributed by atoms with E-state index in [2.05, 4.69) is 6.92 Å². The number of unbranched alkanes of at least 4 members (excludes halogenated alkanes) is 2. The number of carbonyl (C=O) groups is 1. The number of carboxylic acid groups (broad SMARTS) is 1. The Morgan fingerprint density at radius 1 is 1.39 bits per heavy atom. The molecule has 0 saturated carbocycles. The number of methoxy groups -OCH3 is 1. The third-order valence-corrected chi connectivity index (χ3v) is 2.60. The van der Waals surface area contributed by atoms with E-state index in [0.717, 1.165) is 19.3 Å². The van der Waals surface area contributed by atoms with Crippen LogP contribution < -0.4 is 15.2 Å². The number of hydrogen-bond acceptors (Lipinski definition) is 4. The van der Waals surface area contributed by atoms with Gasteiger partial charge in [0.2, 0.25) is 0 Å². The first-order valence-electron chi connectivity index (χ1n) is 5.94. The van der Waals surface area contributed by atoms with Crippen molar-refractivity contribution in [3.63, 3.8) is 0 Å². The van der Waals surface area contributed by atoms with Gasteiger partial charge in [-0.15, -0.1) is 0 Å². The number of aromatic carboxylic acids is 1. The van der Waals surface area contributed by atoms with Crippen LogP contribution in [0.15, 0.2) is 12.1 Å². The Morgan fingerprint density at radius 2 is 2.11 bits per heavy atom. The standard InChI is InChI=1S/C13H19NO4/c1-3-4-5-8-18-12-10(17-2)7-6-9(11(12)14)13(15)16/h6-7H,3-5,8,14H2,1-2H3,(H,15,16). The van der Waals surface area contributed by atoms with Crippen molar-refractivity contribution in [2.45, 2.75) is 26.2 Å². The van der Waals surface area contributed by atoms with Crippen LogP contribution >= 0.6 is 0 Å². The Kier molecular flexibility index (Phi) is 5.30. The SMILES string of the molecule is CCCCCOc1c(OC)ccc(C(=O)O)c1N. The molecule has 0 aliphatic carbocycles. The zero-order valence-electron chi connectivity index (χ0n) is 10.7. The minimum atomic E-state index is -1.08. The zero-order valence-corrected chi connectivity index (χ0v) is 10.7. The average molecular weight is 253 g/mol. The fourth-order valence-electron chi connectivity index (χ4n) is 1.60. The van der Waals surface area contributed by atoms with Crippen molar-refractivity contribution in [3.05, 3.63) is 17.7 Å². The van der Waals surface area contributed by atoms with Crippen LogP contribution in [-0.2, 0) is 0 Å². The summed E-state index contributed by atoms with van der Waals surface area (Å²) in [5.74, 6) is -0.309. The Morgan fingerprint density at radius 3 is 2.67 bits per heavy atom. The van der Waals surface area contributed by atoms with Gasteiger partial charge in [0.1, 0.15) is 0 Å². The van der Waals surface area contributed by atoms with Gasteiger partial charge in [-0.25, -0.2) is 4.79 Å². The Hall–Kier alpha value is -1.91. The predicted octanol–water partition coefficient (Wildman–Crippen LogP) is 2.54. The molecular formula is C13H19NO4. The van der Waals surface area contributed by atoms with Crippen molar-refractivity contribution in [3.8, 4) is 11.5 Å². The van der Waals surface area contributed by atoms with Gasteiger partial charge in [0.05, 0.1) is 25.0 Å². The molecule has 1 rings (SSSR count). The molecule has 5 nitrogen and oxygen atoms in total. The van der Waals surface area contributed by atoms with Gasteiger partial charge in [0.15, 0.2) is 11.5 Å². The normalized spacial score (nSPS) is 10.1. The number of anilines is 1. The number of rotatable bonds is 7. The molecule has 100 valence electrons. The van der Waals surface area contributed by atoms with Crippen LogP contribution in [0.25, 0.3) is 0 Å². The van der Waals surface area contributed by atoms with Crippen molar-refractivity contribution in [1.82, 2.24) is 0 Å². The fraction of sp³-hybridized carbons (Fsp3) is 0.462. The van der Waals surface area contributed by atoms with E-state index < -0.39 is 5.97 Å². The molecule has 0 heterocycles. The van der Waals surface area contributed by atoms with Crippen molar-refractivity contribution >= 4 is 11.7 Å². The van der Waals surface area contributed by atoms with Crippen LogP contribution in [0.2, 0.25) is 0 Å². The summed E-state index contributed by atoms with van der Waals surface area (Å²) in [4.78, 5) is 11.0. The Balaban J connectivity index is 2.91. The lowest BCUT2D eigenvalue weighted by Crippen LogP contribution is -2.07. The summed E-state index contributed by atoms with van der Waals surface area (Å²) < 4.78 is 10.7. The highest BCUT2D eigenvalue weighted by molar-refractivity contribution is 5.96. The minimum Gasteiger partial charge on any atom is -0.493 e. The Bertz CT molecular complexity index is 418. The number of ether oxygens (including phenoxy) is 2. The van der Waals surface area contributed by atoms with E-state index in [9.17, 15) is 4.79 Å². The zero-order chi connectivity index (χ0) is 13.5. The number of carboxylic acids is 1. The Labute approximate surface area is 107 Å². The third kappa shape index (κ3) is 3.29. The molecule has 0 aliphatic heterocycles. The summed E-state index contributed by atoms with van der Waals surface area (Å²) >= 11 is 0. The maximum Gasteiger partial charge on any atom is 0.337 e. The van der Waals surface area contributed by atoms with Gasteiger partial charge in [-0.3, -0.25) is 0 Å². The van der Waals surface area contributed by atoms with Gasteiger partial charge < -0.3 is 20.3 Å². The largest absolute Gasteiger partial charge is 0.493 e. The second-order valence-electron chi connectivity index (χ2n) is 3.92. The molecule has 0 atom stereocenters. The summed E-state index contributed by atoms with van der Waals surface area (Å²) in [5.41, 5.74) is 5.93. The van der Waals surface area contributed by atoms with E-state index in [0.29, 0.717) is 18.1 Å². The summed E-state index contributed by atoms with van der Waals surface area (Å²) in [5, 5.41) is 8.99. The molecule has 0 fully saturated rings. The van der Waals surface area contributed by atoms with Crippen molar-refractivity contribution in [2.24, 2.45) is 0 Å². The van der Waals surface area contributed by atoms with Crippen molar-refractivity contribution in [1.29, 1.82) is 0 Å². The summed E-state index contributed by atoms with van der Waals surface area (Å²) in [6.45, 7) is 2.59. The van der Waals surface area contributed by atoms with Crippen molar-refractivity contribution in [2.75, 3.05) is 19.5 Å². The second kappa shape index (κ2) is 6.74. The van der Waals surface area contributed by atoms with E-state index in [4.69, 9.17) is 20.3 Å². The molecular weight excluding hydrogens is 234 g/mol. The molecule has 0 amide bonds. The van der Waals surface area contributed by atoms with E-state index in [1.54, 1.807) is 6.07 Å². The van der Waals surface area contributed by atoms with Crippen LogP contribution in [0, 0.1) is 0 Å².